The number of aryl methyl sites for hydroxylation is 1. The van der Waals surface area contributed by atoms with Crippen LogP contribution in [0.5, 0.6) is 0 Å². The molecule has 0 radical (unpaired) electrons. The number of hydrogen-bond acceptors (Lipinski definition) is 6. The highest BCUT2D eigenvalue weighted by Gasteiger charge is 2.35. The second kappa shape index (κ2) is 6.02. The predicted octanol–water partition coefficient (Wildman–Crippen LogP) is -1.29. The number of aliphatic hydroxyl groups excluding tert-OH is 3. The van der Waals surface area contributed by atoms with Crippen molar-refractivity contribution in [2.75, 3.05) is 25.6 Å². The van der Waals surface area contributed by atoms with Gasteiger partial charge in [-0.1, -0.05) is 0 Å². The van der Waals surface area contributed by atoms with Crippen molar-refractivity contribution in [3.8, 4) is 0 Å². The van der Waals surface area contributed by atoms with E-state index in [4.69, 9.17) is 21.1 Å². The third-order valence-corrected chi connectivity index (χ3v) is 4.46. The Bertz CT molecular complexity index is 578. The van der Waals surface area contributed by atoms with Crippen LogP contribution < -0.4 is 10.5 Å². The summed E-state index contributed by atoms with van der Waals surface area (Å²) in [6.45, 7) is -1.06. The van der Waals surface area contributed by atoms with Crippen LogP contribution >= 0.6 is 0 Å². The molecule has 20 heavy (non-hydrogen) atoms. The summed E-state index contributed by atoms with van der Waals surface area (Å²) in [6, 6.07) is 1.90. The quantitative estimate of drug-likeness (QED) is 0.415. The van der Waals surface area contributed by atoms with Gasteiger partial charge in [-0.2, -0.15) is 4.72 Å². The number of aliphatic hydroxyl groups is 3. The number of nitrogens with one attached hydrogen (secondary N) is 1. The van der Waals surface area contributed by atoms with Gasteiger partial charge in [0.1, 0.15) is 16.3 Å². The van der Waals surface area contributed by atoms with E-state index in [1.54, 1.807) is 0 Å². The summed E-state index contributed by atoms with van der Waals surface area (Å²) in [5.74, 6) is -1.02. The molecule has 0 spiro atoms. The predicted molar refractivity (Wildman–Crippen MR) is 69.9 cm³/mol. The van der Waals surface area contributed by atoms with Gasteiger partial charge in [0, 0.05) is 5.69 Å². The van der Waals surface area contributed by atoms with E-state index < -0.39 is 46.1 Å². The standard InChI is InChI=1S/C11H17FN2O5S/c1-7-2-8(12)10(3-9(7)13)20(18,19)14-11(4-15,5-16)6-17/h2-3,14-17H,4-6,13H2,1H3. The molecule has 0 aliphatic rings. The molecule has 0 unspecified atom stereocenters. The van der Waals surface area contributed by atoms with Gasteiger partial charge in [0.25, 0.3) is 0 Å². The molecule has 0 aromatic heterocycles. The Morgan fingerprint density at radius 2 is 1.75 bits per heavy atom. The zero-order valence-corrected chi connectivity index (χ0v) is 11.6. The molecule has 0 heterocycles. The zero-order chi connectivity index (χ0) is 15.6. The molecule has 0 bridgehead atoms. The van der Waals surface area contributed by atoms with Gasteiger partial charge >= 0.3 is 0 Å². The molecule has 0 saturated heterocycles. The lowest BCUT2D eigenvalue weighted by molar-refractivity contribution is 0.0581. The maximum Gasteiger partial charge on any atom is 0.244 e. The van der Waals surface area contributed by atoms with E-state index in [-0.39, 0.29) is 5.69 Å². The maximum atomic E-state index is 13.8. The highest BCUT2D eigenvalue weighted by molar-refractivity contribution is 7.89. The van der Waals surface area contributed by atoms with Gasteiger partial charge in [-0.05, 0) is 24.6 Å². The van der Waals surface area contributed by atoms with Crippen LogP contribution in [-0.4, -0.2) is 49.1 Å². The van der Waals surface area contributed by atoms with Crippen molar-refractivity contribution < 1.29 is 28.1 Å². The molecular weight excluding hydrogens is 291 g/mol. The van der Waals surface area contributed by atoms with E-state index in [0.29, 0.717) is 5.56 Å². The third-order valence-electron chi connectivity index (χ3n) is 2.87. The molecule has 1 aromatic carbocycles. The largest absolute Gasteiger partial charge is 0.398 e. The fraction of sp³-hybridized carbons (Fsp3) is 0.455. The van der Waals surface area contributed by atoms with Gasteiger partial charge in [0.15, 0.2) is 0 Å². The molecule has 7 nitrogen and oxygen atoms in total. The number of rotatable bonds is 6. The summed E-state index contributed by atoms with van der Waals surface area (Å²) >= 11 is 0. The molecule has 0 aliphatic carbocycles. The topological polar surface area (TPSA) is 133 Å². The van der Waals surface area contributed by atoms with Crippen LogP contribution in [0.15, 0.2) is 17.0 Å². The molecule has 0 aliphatic heterocycles. The van der Waals surface area contributed by atoms with Gasteiger partial charge in [-0.3, -0.25) is 0 Å². The Kier molecular flexibility index (Phi) is 5.05. The highest BCUT2D eigenvalue weighted by Crippen LogP contribution is 2.22. The number of hydrogen-bond donors (Lipinski definition) is 5. The second-order valence-corrected chi connectivity index (χ2v) is 6.15. The van der Waals surface area contributed by atoms with E-state index in [9.17, 15) is 12.8 Å². The number of sulfonamides is 1. The third kappa shape index (κ3) is 3.25. The van der Waals surface area contributed by atoms with Gasteiger partial charge in [0.2, 0.25) is 10.0 Å². The maximum absolute atomic E-state index is 13.8. The minimum atomic E-state index is -4.41. The van der Waals surface area contributed by atoms with Crippen LogP contribution in [0.1, 0.15) is 5.56 Å². The minimum absolute atomic E-state index is 0.0781. The molecule has 114 valence electrons. The molecule has 1 aromatic rings. The second-order valence-electron chi connectivity index (χ2n) is 4.50. The number of halogens is 1. The van der Waals surface area contributed by atoms with Crippen molar-refractivity contribution in [2.45, 2.75) is 17.4 Å². The van der Waals surface area contributed by atoms with E-state index >= 15 is 0 Å². The first-order valence-corrected chi connectivity index (χ1v) is 7.12. The van der Waals surface area contributed by atoms with Crippen LogP contribution in [-0.2, 0) is 10.0 Å². The van der Waals surface area contributed by atoms with Crippen LogP contribution in [0.25, 0.3) is 0 Å². The fourth-order valence-corrected chi connectivity index (χ4v) is 2.93. The number of benzene rings is 1. The summed E-state index contributed by atoms with van der Waals surface area (Å²) in [5, 5.41) is 27.3. The monoisotopic (exact) mass is 308 g/mol. The first-order chi connectivity index (χ1) is 9.21. The molecule has 1 rings (SSSR count). The summed E-state index contributed by atoms with van der Waals surface area (Å²) in [7, 11) is -4.41. The van der Waals surface area contributed by atoms with Crippen molar-refractivity contribution >= 4 is 15.7 Å². The van der Waals surface area contributed by atoms with E-state index in [1.165, 1.54) is 6.92 Å². The molecule has 0 amide bonds. The van der Waals surface area contributed by atoms with Crippen molar-refractivity contribution in [3.63, 3.8) is 0 Å². The molecular formula is C11H17FN2O5S. The molecule has 0 fully saturated rings. The van der Waals surface area contributed by atoms with Crippen LogP contribution in [0.4, 0.5) is 10.1 Å². The minimum Gasteiger partial charge on any atom is -0.398 e. The van der Waals surface area contributed by atoms with Gasteiger partial charge in [-0.15, -0.1) is 0 Å². The molecule has 6 N–H and O–H groups in total. The van der Waals surface area contributed by atoms with E-state index in [2.05, 4.69) is 0 Å². The summed E-state index contributed by atoms with van der Waals surface area (Å²) in [6.07, 6.45) is 0. The zero-order valence-electron chi connectivity index (χ0n) is 10.8. The number of anilines is 1. The molecule has 0 atom stereocenters. The average Bonchev–Trinajstić information content (AvgIpc) is 2.40. The Labute approximate surface area is 115 Å². The smallest absolute Gasteiger partial charge is 0.244 e. The first-order valence-electron chi connectivity index (χ1n) is 5.63. The molecule has 9 heteroatoms. The summed E-state index contributed by atoms with van der Waals surface area (Å²) < 4.78 is 39.8. The van der Waals surface area contributed by atoms with Crippen LogP contribution in [0, 0.1) is 12.7 Å². The molecule has 0 saturated carbocycles. The number of nitrogen functional groups attached to an aromatic ring is 1. The van der Waals surface area contributed by atoms with Crippen LogP contribution in [0.3, 0.4) is 0 Å². The summed E-state index contributed by atoms with van der Waals surface area (Å²) in [4.78, 5) is -0.722. The summed E-state index contributed by atoms with van der Waals surface area (Å²) in [5.41, 5.74) is 4.11. The SMILES string of the molecule is Cc1cc(F)c(S(=O)(=O)NC(CO)(CO)CO)cc1N. The lowest BCUT2D eigenvalue weighted by Crippen LogP contribution is -2.56. The lowest BCUT2D eigenvalue weighted by Gasteiger charge is -2.28. The number of nitrogens with two attached hydrogens (primary N) is 1. The Balaban J connectivity index is 3.28. The van der Waals surface area contributed by atoms with E-state index in [0.717, 1.165) is 12.1 Å². The van der Waals surface area contributed by atoms with Crippen LogP contribution in [0.2, 0.25) is 0 Å². The first kappa shape index (κ1) is 16.8. The Morgan fingerprint density at radius 1 is 1.25 bits per heavy atom. The normalized spacial score (nSPS) is 12.7. The average molecular weight is 308 g/mol. The van der Waals surface area contributed by atoms with Gasteiger partial charge < -0.3 is 21.1 Å². The Hall–Kier alpha value is -1.26. The Morgan fingerprint density at radius 3 is 2.20 bits per heavy atom. The van der Waals surface area contributed by atoms with Gasteiger partial charge in [-0.25, -0.2) is 12.8 Å². The van der Waals surface area contributed by atoms with Crippen molar-refractivity contribution in [1.82, 2.24) is 4.72 Å². The fourth-order valence-electron chi connectivity index (χ4n) is 1.46. The van der Waals surface area contributed by atoms with Crippen molar-refractivity contribution in [3.05, 3.63) is 23.5 Å². The van der Waals surface area contributed by atoms with E-state index in [1.807, 2.05) is 4.72 Å². The van der Waals surface area contributed by atoms with Gasteiger partial charge in [0.05, 0.1) is 19.8 Å². The van der Waals surface area contributed by atoms with Crippen molar-refractivity contribution in [2.24, 2.45) is 0 Å². The lowest BCUT2D eigenvalue weighted by atomic mass is 10.1. The highest BCUT2D eigenvalue weighted by atomic mass is 32.2. The van der Waals surface area contributed by atoms with Crippen molar-refractivity contribution in [1.29, 1.82) is 0 Å².